The highest BCUT2D eigenvalue weighted by Gasteiger charge is 2.45. The summed E-state index contributed by atoms with van der Waals surface area (Å²) in [7, 11) is 0. The van der Waals surface area contributed by atoms with Gasteiger partial charge in [-0.15, -0.1) is 10.1 Å². The molecule has 2 atom stereocenters. The highest BCUT2D eigenvalue weighted by Crippen LogP contribution is 2.40. The number of rotatable bonds is 12. The second kappa shape index (κ2) is 14.4. The average Bonchev–Trinajstić information content (AvgIpc) is 3.40. The molecule has 1 aliphatic heterocycles. The van der Waals surface area contributed by atoms with Gasteiger partial charge in [0.2, 0.25) is 5.79 Å². The zero-order valence-corrected chi connectivity index (χ0v) is 20.2. The van der Waals surface area contributed by atoms with Crippen molar-refractivity contribution in [3.05, 3.63) is 62.6 Å². The smallest absolute Gasteiger partial charge is 0.291 e. The van der Waals surface area contributed by atoms with E-state index in [1.165, 1.54) is 32.1 Å². The molecule has 1 aliphatic rings. The third-order valence-electron chi connectivity index (χ3n) is 5.10. The van der Waals surface area contributed by atoms with Crippen LogP contribution in [0.5, 0.6) is 0 Å². The third-order valence-corrected chi connectivity index (χ3v) is 5.64. The molecule has 0 bridgehead atoms. The van der Waals surface area contributed by atoms with E-state index < -0.39 is 10.9 Å². The minimum atomic E-state index is -1.50. The van der Waals surface area contributed by atoms with Gasteiger partial charge in [-0.1, -0.05) is 68.3 Å². The van der Waals surface area contributed by atoms with Crippen LogP contribution in [0, 0.1) is 10.1 Å². The van der Waals surface area contributed by atoms with E-state index in [2.05, 4.69) is 11.9 Å². The highest BCUT2D eigenvalue weighted by molar-refractivity contribution is 6.35. The summed E-state index contributed by atoms with van der Waals surface area (Å²) in [5.41, 5.74) is 0.760. The van der Waals surface area contributed by atoms with Crippen molar-refractivity contribution in [1.82, 2.24) is 9.55 Å². The molecule has 1 N–H and O–H groups in total. The van der Waals surface area contributed by atoms with Crippen LogP contribution in [0.3, 0.4) is 0 Å². The van der Waals surface area contributed by atoms with Crippen LogP contribution in [0.4, 0.5) is 0 Å². The Morgan fingerprint density at radius 1 is 1.30 bits per heavy atom. The van der Waals surface area contributed by atoms with Crippen molar-refractivity contribution in [2.45, 2.75) is 63.9 Å². The number of benzene rings is 1. The van der Waals surface area contributed by atoms with Gasteiger partial charge in [-0.05, 0) is 18.6 Å². The minimum Gasteiger partial charge on any atom is -0.379 e. The first-order valence-electron chi connectivity index (χ1n) is 11.0. The number of aromatic nitrogens is 2. The van der Waals surface area contributed by atoms with Crippen molar-refractivity contribution >= 4 is 23.2 Å². The standard InChI is InChI=1S/C22H30Cl2N2O3.HNO3/c1-2-3-4-5-6-7-12-27-14-19-15-28-22(29-19,16-26-11-10-25-17-26)20-9-8-18(23)13-21(20)24;2-1(3)4/h8-11,13,17,19H,2-7,12,14-16H2,1H3;(H,2,3,4)/t19-,22-;/m1./s1. The summed E-state index contributed by atoms with van der Waals surface area (Å²) in [5.74, 6) is -0.990. The number of nitrogens with zero attached hydrogens (tertiary/aromatic N) is 3. The number of hydrogen-bond acceptors (Lipinski definition) is 6. The molecule has 0 radical (unpaired) electrons. The molecule has 11 heteroatoms. The molecule has 9 nitrogen and oxygen atoms in total. The highest BCUT2D eigenvalue weighted by atomic mass is 35.5. The molecule has 3 rings (SSSR count). The van der Waals surface area contributed by atoms with Gasteiger partial charge in [0.1, 0.15) is 6.10 Å². The topological polar surface area (TPSA) is 109 Å². The predicted molar refractivity (Wildman–Crippen MR) is 124 cm³/mol. The Kier molecular flexibility index (Phi) is 11.9. The molecule has 2 heterocycles. The Bertz CT molecular complexity index is 836. The van der Waals surface area contributed by atoms with E-state index in [1.54, 1.807) is 24.7 Å². The van der Waals surface area contributed by atoms with Crippen LogP contribution >= 0.6 is 23.2 Å². The normalized spacial score (nSPS) is 19.8. The van der Waals surface area contributed by atoms with Crippen molar-refractivity contribution in [2.75, 3.05) is 19.8 Å². The van der Waals surface area contributed by atoms with E-state index in [0.717, 1.165) is 18.6 Å². The summed E-state index contributed by atoms with van der Waals surface area (Å²) in [6.07, 6.45) is 12.7. The van der Waals surface area contributed by atoms with E-state index in [9.17, 15) is 0 Å². The average molecular weight is 504 g/mol. The summed E-state index contributed by atoms with van der Waals surface area (Å²) in [6.45, 7) is 4.39. The summed E-state index contributed by atoms with van der Waals surface area (Å²) < 4.78 is 20.3. The van der Waals surface area contributed by atoms with Crippen LogP contribution in [0.15, 0.2) is 36.9 Å². The number of halogens is 2. The summed E-state index contributed by atoms with van der Waals surface area (Å²) >= 11 is 12.6. The van der Waals surface area contributed by atoms with E-state index in [1.807, 2.05) is 16.8 Å². The minimum absolute atomic E-state index is 0.148. The SMILES string of the molecule is CCCCCCCCOC[C@@H]1CO[C@@](Cn2ccnc2)(c2ccc(Cl)cc2Cl)O1.O=[N+]([O-])O. The zero-order chi connectivity index (χ0) is 24.1. The second-order valence-corrected chi connectivity index (χ2v) is 8.59. The lowest BCUT2D eigenvalue weighted by molar-refractivity contribution is -0.742. The van der Waals surface area contributed by atoms with E-state index in [4.69, 9.17) is 52.7 Å². The molecular weight excluding hydrogens is 473 g/mol. The fourth-order valence-corrected chi connectivity index (χ4v) is 4.13. The van der Waals surface area contributed by atoms with Gasteiger partial charge >= 0.3 is 0 Å². The van der Waals surface area contributed by atoms with Crippen molar-refractivity contribution in [1.29, 1.82) is 0 Å². The van der Waals surface area contributed by atoms with Gasteiger partial charge in [0.25, 0.3) is 5.09 Å². The van der Waals surface area contributed by atoms with Crippen LogP contribution in [0.25, 0.3) is 0 Å². The number of unbranched alkanes of at least 4 members (excludes halogenated alkanes) is 5. The summed E-state index contributed by atoms with van der Waals surface area (Å²) in [4.78, 5) is 12.5. The van der Waals surface area contributed by atoms with Crippen LogP contribution < -0.4 is 0 Å². The Hall–Kier alpha value is -1.91. The fourth-order valence-electron chi connectivity index (χ4n) is 3.57. The molecule has 33 heavy (non-hydrogen) atoms. The maximum atomic E-state index is 8.36. The van der Waals surface area contributed by atoms with Gasteiger partial charge in [-0.2, -0.15) is 0 Å². The van der Waals surface area contributed by atoms with Crippen molar-refractivity contribution < 1.29 is 24.5 Å². The lowest BCUT2D eigenvalue weighted by Gasteiger charge is -2.30. The predicted octanol–water partition coefficient (Wildman–Crippen LogP) is 5.49. The molecule has 0 amide bonds. The second-order valence-electron chi connectivity index (χ2n) is 7.74. The molecule has 1 saturated heterocycles. The molecule has 2 aromatic rings. The van der Waals surface area contributed by atoms with E-state index >= 15 is 0 Å². The lowest BCUT2D eigenvalue weighted by Crippen LogP contribution is -2.34. The van der Waals surface area contributed by atoms with Crippen LogP contribution in [0.1, 0.15) is 51.0 Å². The van der Waals surface area contributed by atoms with Crippen LogP contribution in [0.2, 0.25) is 10.0 Å². The quantitative estimate of drug-likeness (QED) is 0.231. The molecule has 184 valence electrons. The summed E-state index contributed by atoms with van der Waals surface area (Å²) in [6, 6.07) is 5.37. The Labute approximate surface area is 203 Å². The third kappa shape index (κ3) is 9.46. The first-order valence-corrected chi connectivity index (χ1v) is 11.8. The zero-order valence-electron chi connectivity index (χ0n) is 18.7. The van der Waals surface area contributed by atoms with Crippen LogP contribution in [-0.4, -0.2) is 45.8 Å². The molecule has 0 aliphatic carbocycles. The Morgan fingerprint density at radius 3 is 2.70 bits per heavy atom. The molecule has 1 fully saturated rings. The van der Waals surface area contributed by atoms with Gasteiger partial charge in [0.15, 0.2) is 0 Å². The first kappa shape index (κ1) is 27.3. The molecule has 0 unspecified atom stereocenters. The molecule has 0 saturated carbocycles. The van der Waals surface area contributed by atoms with Gasteiger partial charge < -0.3 is 24.0 Å². The maximum absolute atomic E-state index is 8.36. The molecule has 1 aromatic heterocycles. The number of imidazole rings is 1. The van der Waals surface area contributed by atoms with Crippen molar-refractivity contribution in [3.8, 4) is 0 Å². The van der Waals surface area contributed by atoms with E-state index in [0.29, 0.717) is 29.8 Å². The van der Waals surface area contributed by atoms with E-state index in [-0.39, 0.29) is 6.10 Å². The van der Waals surface area contributed by atoms with Gasteiger partial charge in [0, 0.05) is 29.6 Å². The van der Waals surface area contributed by atoms with Crippen molar-refractivity contribution in [2.24, 2.45) is 0 Å². The molecule has 0 spiro atoms. The van der Waals surface area contributed by atoms with Crippen LogP contribution in [-0.2, 0) is 26.5 Å². The lowest BCUT2D eigenvalue weighted by atomic mass is 10.1. The van der Waals surface area contributed by atoms with Gasteiger partial charge in [0.05, 0.1) is 31.1 Å². The van der Waals surface area contributed by atoms with Gasteiger partial charge in [-0.25, -0.2) is 4.98 Å². The van der Waals surface area contributed by atoms with Gasteiger partial charge in [-0.3, -0.25) is 0 Å². The maximum Gasteiger partial charge on any atom is 0.291 e. The number of hydrogen-bond donors (Lipinski definition) is 1. The molecule has 1 aromatic carbocycles. The summed E-state index contributed by atoms with van der Waals surface area (Å²) in [5, 5.41) is 14.7. The Morgan fingerprint density at radius 2 is 2.03 bits per heavy atom. The first-order chi connectivity index (χ1) is 15.9. The largest absolute Gasteiger partial charge is 0.379 e. The Balaban J connectivity index is 0.000000890. The monoisotopic (exact) mass is 503 g/mol. The van der Waals surface area contributed by atoms with Crippen molar-refractivity contribution in [3.63, 3.8) is 0 Å². The number of ether oxygens (including phenoxy) is 3. The fraction of sp³-hybridized carbons (Fsp3) is 0.591. The molecular formula is C22H31Cl2N3O6.